The van der Waals surface area contributed by atoms with Gasteiger partial charge in [-0.3, -0.25) is 10.1 Å². The molecule has 4 rings (SSSR count). The van der Waals surface area contributed by atoms with Crippen LogP contribution in [0.3, 0.4) is 0 Å². The molecule has 218 valence electrons. The number of anilines is 2. The maximum Gasteiger partial charge on any atom is 0.423 e. The van der Waals surface area contributed by atoms with E-state index in [2.05, 4.69) is 15.2 Å². The van der Waals surface area contributed by atoms with Gasteiger partial charge in [0.15, 0.2) is 0 Å². The van der Waals surface area contributed by atoms with E-state index in [1.165, 1.54) is 6.07 Å². The molecule has 10 nitrogen and oxygen atoms in total. The minimum absolute atomic E-state index is 0.0806. The summed E-state index contributed by atoms with van der Waals surface area (Å²) in [4.78, 5) is 30.7. The zero-order valence-corrected chi connectivity index (χ0v) is 22.7. The molecule has 2 aromatic rings. The summed E-state index contributed by atoms with van der Waals surface area (Å²) in [6, 6.07) is 8.47. The van der Waals surface area contributed by atoms with Crippen LogP contribution in [0.4, 0.5) is 35.2 Å². The lowest BCUT2D eigenvalue weighted by Crippen LogP contribution is -2.50. The number of alkyl halides is 3. The molecule has 13 heteroatoms. The van der Waals surface area contributed by atoms with Crippen LogP contribution in [0.25, 0.3) is 0 Å². The molecule has 40 heavy (non-hydrogen) atoms. The van der Waals surface area contributed by atoms with E-state index in [1.807, 2.05) is 32.9 Å². The number of halogens is 3. The van der Waals surface area contributed by atoms with Gasteiger partial charge in [-0.25, -0.2) is 4.79 Å². The zero-order valence-electron chi connectivity index (χ0n) is 22.7. The van der Waals surface area contributed by atoms with E-state index in [4.69, 9.17) is 9.47 Å². The van der Waals surface area contributed by atoms with Crippen LogP contribution < -0.4 is 15.0 Å². The number of nitrogens with one attached hydrogen (secondary N) is 1. The number of amides is 1. The number of benzene rings is 1. The number of hydrogen-bond donors (Lipinski definition) is 1. The lowest BCUT2D eigenvalue weighted by Gasteiger charge is -2.36. The van der Waals surface area contributed by atoms with Gasteiger partial charge in [0.05, 0.1) is 4.92 Å². The number of hydrogen-bond acceptors (Lipinski definition) is 8. The van der Waals surface area contributed by atoms with Crippen LogP contribution in [0.1, 0.15) is 52.0 Å². The molecule has 1 saturated carbocycles. The Hall–Kier alpha value is -3.77. The number of carbonyl (C=O) groups is 1. The maximum atomic E-state index is 13.3. The predicted molar refractivity (Wildman–Crippen MR) is 143 cm³/mol. The van der Waals surface area contributed by atoms with E-state index in [1.54, 1.807) is 11.0 Å². The van der Waals surface area contributed by atoms with Gasteiger partial charge in [-0.2, -0.15) is 18.2 Å². The van der Waals surface area contributed by atoms with Crippen molar-refractivity contribution in [3.63, 3.8) is 0 Å². The molecule has 1 aliphatic carbocycles. The Morgan fingerprint density at radius 3 is 2.33 bits per heavy atom. The molecule has 0 unspecified atom stereocenters. The number of ether oxygens (including phenoxy) is 2. The van der Waals surface area contributed by atoms with Crippen molar-refractivity contribution in [3.8, 4) is 5.88 Å². The lowest BCUT2D eigenvalue weighted by atomic mass is 9.92. The van der Waals surface area contributed by atoms with Crippen molar-refractivity contribution in [1.29, 1.82) is 0 Å². The fraction of sp³-hybridized carbons (Fsp3) is 0.556. The Kier molecular flexibility index (Phi) is 8.59. The third-order valence-electron chi connectivity index (χ3n) is 6.80. The fourth-order valence-corrected chi connectivity index (χ4v) is 4.83. The van der Waals surface area contributed by atoms with E-state index >= 15 is 0 Å². The van der Waals surface area contributed by atoms with Crippen LogP contribution in [-0.4, -0.2) is 64.8 Å². The van der Waals surface area contributed by atoms with E-state index in [0.29, 0.717) is 57.7 Å². The monoisotopic (exact) mass is 565 g/mol. The number of nitro groups is 1. The summed E-state index contributed by atoms with van der Waals surface area (Å²) >= 11 is 0. The second kappa shape index (κ2) is 11.8. The van der Waals surface area contributed by atoms with Gasteiger partial charge in [-0.1, -0.05) is 6.07 Å². The van der Waals surface area contributed by atoms with Gasteiger partial charge in [-0.05, 0) is 64.7 Å². The van der Waals surface area contributed by atoms with Crippen molar-refractivity contribution in [2.75, 3.05) is 36.4 Å². The second-order valence-corrected chi connectivity index (χ2v) is 11.0. The Balaban J connectivity index is 1.28. The molecule has 0 atom stereocenters. The first-order chi connectivity index (χ1) is 18.8. The number of pyridine rings is 1. The molecule has 1 N–H and O–H groups in total. The molecule has 2 aliphatic rings. The number of nitro benzene ring substituents is 1. The normalized spacial score (nSPS) is 20.1. The molecular weight excluding hydrogens is 531 g/mol. The second-order valence-electron chi connectivity index (χ2n) is 11.0. The summed E-state index contributed by atoms with van der Waals surface area (Å²) in [7, 11) is 0. The first kappa shape index (κ1) is 29.2. The summed E-state index contributed by atoms with van der Waals surface area (Å²) in [5.74, 6) is 1.25. The van der Waals surface area contributed by atoms with Crippen LogP contribution in [-0.2, 0) is 10.9 Å². The minimum Gasteiger partial charge on any atom is -0.474 e. The third kappa shape index (κ3) is 7.66. The Morgan fingerprint density at radius 1 is 1.05 bits per heavy atom. The summed E-state index contributed by atoms with van der Waals surface area (Å²) in [6.07, 6.45) is -2.55. The van der Waals surface area contributed by atoms with E-state index in [0.717, 1.165) is 18.0 Å². The SMILES string of the molecule is CC(C)(C)OC(=O)N1CCN(c2cccc(O[C@H]3CC[C@H](Nc4ccc([N+](=O)[O-])c(C(F)(F)F)c4)CC3)n2)CC1. The Bertz CT molecular complexity index is 1200. The number of aromatic nitrogens is 1. The molecular formula is C27H34F3N5O5. The first-order valence-electron chi connectivity index (χ1n) is 13.3. The molecule has 2 heterocycles. The van der Waals surface area contributed by atoms with Gasteiger partial charge in [0.25, 0.3) is 5.69 Å². The highest BCUT2D eigenvalue weighted by atomic mass is 19.4. The highest BCUT2D eigenvalue weighted by Gasteiger charge is 2.38. The average Bonchev–Trinajstić information content (AvgIpc) is 2.88. The quantitative estimate of drug-likeness (QED) is 0.342. The predicted octanol–water partition coefficient (Wildman–Crippen LogP) is 5.87. The van der Waals surface area contributed by atoms with Crippen molar-refractivity contribution in [2.24, 2.45) is 0 Å². The topological polar surface area (TPSA) is 110 Å². The highest BCUT2D eigenvalue weighted by molar-refractivity contribution is 5.68. The van der Waals surface area contributed by atoms with Crippen LogP contribution in [0.5, 0.6) is 5.88 Å². The van der Waals surface area contributed by atoms with Crippen LogP contribution in [0.15, 0.2) is 36.4 Å². The van der Waals surface area contributed by atoms with E-state index in [-0.39, 0.29) is 23.9 Å². The molecule has 1 aliphatic heterocycles. The molecule has 1 aromatic heterocycles. The molecule has 0 radical (unpaired) electrons. The Morgan fingerprint density at radius 2 is 1.73 bits per heavy atom. The minimum atomic E-state index is -4.82. The Labute approximate surface area is 230 Å². The largest absolute Gasteiger partial charge is 0.474 e. The van der Waals surface area contributed by atoms with Gasteiger partial charge < -0.3 is 24.6 Å². The lowest BCUT2D eigenvalue weighted by molar-refractivity contribution is -0.388. The van der Waals surface area contributed by atoms with Gasteiger partial charge >= 0.3 is 12.3 Å². The van der Waals surface area contributed by atoms with Gasteiger partial charge in [-0.15, -0.1) is 0 Å². The van der Waals surface area contributed by atoms with Crippen molar-refractivity contribution in [1.82, 2.24) is 9.88 Å². The van der Waals surface area contributed by atoms with Gasteiger partial charge in [0, 0.05) is 50.0 Å². The van der Waals surface area contributed by atoms with Crippen LogP contribution in [0, 0.1) is 10.1 Å². The van der Waals surface area contributed by atoms with E-state index in [9.17, 15) is 28.1 Å². The first-order valence-corrected chi connectivity index (χ1v) is 13.3. The smallest absolute Gasteiger partial charge is 0.423 e. The van der Waals surface area contributed by atoms with Gasteiger partial charge in [0.1, 0.15) is 23.1 Å². The summed E-state index contributed by atoms with van der Waals surface area (Å²) in [6.45, 7) is 7.80. The number of carbonyl (C=O) groups excluding carboxylic acids is 1. The summed E-state index contributed by atoms with van der Waals surface area (Å²) in [5.41, 5.74) is -2.58. The molecule has 1 saturated heterocycles. The number of rotatable bonds is 6. The van der Waals surface area contributed by atoms with Crippen LogP contribution >= 0.6 is 0 Å². The van der Waals surface area contributed by atoms with E-state index < -0.39 is 28.0 Å². The summed E-state index contributed by atoms with van der Waals surface area (Å²) in [5, 5.41) is 14.1. The number of nitrogens with zero attached hydrogens (tertiary/aromatic N) is 4. The fourth-order valence-electron chi connectivity index (χ4n) is 4.83. The number of piperazine rings is 1. The average molecular weight is 566 g/mol. The van der Waals surface area contributed by atoms with Crippen molar-refractivity contribution in [3.05, 3.63) is 52.1 Å². The van der Waals surface area contributed by atoms with Crippen molar-refractivity contribution < 1.29 is 32.4 Å². The molecule has 0 bridgehead atoms. The molecule has 1 aromatic carbocycles. The van der Waals surface area contributed by atoms with Crippen LogP contribution in [0.2, 0.25) is 0 Å². The third-order valence-corrected chi connectivity index (χ3v) is 6.80. The summed E-state index contributed by atoms with van der Waals surface area (Å²) < 4.78 is 51.5. The maximum absolute atomic E-state index is 13.3. The molecule has 2 fully saturated rings. The zero-order chi connectivity index (χ0) is 29.1. The van der Waals surface area contributed by atoms with Crippen molar-refractivity contribution >= 4 is 23.3 Å². The highest BCUT2D eigenvalue weighted by Crippen LogP contribution is 2.38. The molecule has 0 spiro atoms. The molecule has 1 amide bonds. The van der Waals surface area contributed by atoms with Gasteiger partial charge in [0.2, 0.25) is 5.88 Å². The standard InChI is InChI=1S/C27H34F3N5O5/c1-26(2,3)40-25(36)34-15-13-33(14-16-34)23-5-4-6-24(32-23)39-20-10-7-18(8-11-20)31-19-9-12-22(35(37)38)21(17-19)27(28,29)30/h4-6,9,12,17-18,20,31H,7-8,10-11,13-16H2,1-3H3/t18-,20-. The van der Waals surface area contributed by atoms with Crippen molar-refractivity contribution in [2.45, 2.75) is 70.4 Å².